The van der Waals surface area contributed by atoms with Crippen LogP contribution in [0.5, 0.6) is 0 Å². The van der Waals surface area contributed by atoms with Gasteiger partial charge >= 0.3 is 0 Å². The molecule has 0 saturated carbocycles. The molecule has 0 saturated heterocycles. The van der Waals surface area contributed by atoms with Crippen LogP contribution in [0.4, 0.5) is 0 Å². The van der Waals surface area contributed by atoms with Crippen LogP contribution >= 0.6 is 11.8 Å². The van der Waals surface area contributed by atoms with E-state index >= 15 is 0 Å². The molecule has 0 spiro atoms. The van der Waals surface area contributed by atoms with Crippen LogP contribution in [0.25, 0.3) is 16.7 Å². The fourth-order valence-corrected chi connectivity index (χ4v) is 4.12. The molecule has 7 nitrogen and oxygen atoms in total. The van der Waals surface area contributed by atoms with Crippen molar-refractivity contribution >= 4 is 34.3 Å². The number of thioether (sulfide) groups is 1. The molecular weight excluding hydrogens is 374 g/mol. The summed E-state index contributed by atoms with van der Waals surface area (Å²) in [6, 6.07) is 16.5. The number of aromatic nitrogens is 4. The largest absolute Gasteiger partial charge is 0.368 e. The molecule has 2 aromatic carbocycles. The van der Waals surface area contributed by atoms with Crippen LogP contribution in [0.3, 0.4) is 0 Å². The molecule has 1 unspecified atom stereocenters. The third-order valence-electron chi connectivity index (χ3n) is 4.37. The van der Waals surface area contributed by atoms with Crippen molar-refractivity contribution in [1.29, 1.82) is 0 Å². The van der Waals surface area contributed by atoms with Crippen molar-refractivity contribution < 1.29 is 4.79 Å². The maximum absolute atomic E-state index is 12.8. The number of amides is 1. The minimum absolute atomic E-state index is 0.165. The van der Waals surface area contributed by atoms with Gasteiger partial charge < -0.3 is 5.73 Å². The fraction of sp³-hybridized carbons (Fsp3) is 0.100. The summed E-state index contributed by atoms with van der Waals surface area (Å²) in [5.41, 5.74) is 6.94. The van der Waals surface area contributed by atoms with Gasteiger partial charge in [0.15, 0.2) is 5.16 Å². The number of allylic oxidation sites excluding steroid dienone is 1. The molecular formula is C20H17N5O2S. The van der Waals surface area contributed by atoms with Crippen LogP contribution in [0, 0.1) is 0 Å². The molecule has 0 aliphatic carbocycles. The van der Waals surface area contributed by atoms with E-state index in [1.54, 1.807) is 22.6 Å². The van der Waals surface area contributed by atoms with E-state index in [9.17, 15) is 9.59 Å². The highest BCUT2D eigenvalue weighted by Crippen LogP contribution is 2.34. The molecule has 2 N–H and O–H groups in total. The van der Waals surface area contributed by atoms with E-state index in [2.05, 4.69) is 16.8 Å². The topological polar surface area (TPSA) is 95.3 Å². The number of hydrogen-bond acceptors (Lipinski definition) is 5. The Morgan fingerprint density at radius 3 is 2.57 bits per heavy atom. The van der Waals surface area contributed by atoms with Crippen LogP contribution in [-0.2, 0) is 11.3 Å². The van der Waals surface area contributed by atoms with Gasteiger partial charge in [-0.15, -0.1) is 16.8 Å². The van der Waals surface area contributed by atoms with E-state index in [1.165, 1.54) is 16.3 Å². The number of carbonyl (C=O) groups is 1. The molecule has 2 heterocycles. The Balaban J connectivity index is 1.94. The van der Waals surface area contributed by atoms with Crippen LogP contribution in [-0.4, -0.2) is 25.1 Å². The monoisotopic (exact) mass is 391 g/mol. The highest BCUT2D eigenvalue weighted by atomic mass is 32.2. The van der Waals surface area contributed by atoms with Gasteiger partial charge in [-0.2, -0.15) is 0 Å². The molecule has 1 atom stereocenters. The van der Waals surface area contributed by atoms with Crippen molar-refractivity contribution in [2.75, 3.05) is 0 Å². The van der Waals surface area contributed by atoms with Gasteiger partial charge in [-0.05, 0) is 17.7 Å². The Kier molecular flexibility index (Phi) is 4.70. The minimum Gasteiger partial charge on any atom is -0.368 e. The van der Waals surface area contributed by atoms with Crippen LogP contribution < -0.4 is 11.3 Å². The molecule has 28 heavy (non-hydrogen) atoms. The van der Waals surface area contributed by atoms with E-state index in [0.717, 1.165) is 5.56 Å². The van der Waals surface area contributed by atoms with Gasteiger partial charge in [0, 0.05) is 6.54 Å². The van der Waals surface area contributed by atoms with Crippen LogP contribution in [0.15, 0.2) is 77.2 Å². The molecule has 140 valence electrons. The third kappa shape index (κ3) is 2.97. The second-order valence-electron chi connectivity index (χ2n) is 6.15. The average Bonchev–Trinajstić information content (AvgIpc) is 3.13. The Morgan fingerprint density at radius 1 is 1.14 bits per heavy atom. The number of rotatable bonds is 6. The lowest BCUT2D eigenvalue weighted by Crippen LogP contribution is -2.23. The first-order chi connectivity index (χ1) is 13.6. The zero-order valence-corrected chi connectivity index (χ0v) is 15.7. The molecule has 1 amide bonds. The number of para-hydroxylation sites is 1. The minimum atomic E-state index is -0.632. The molecule has 0 bridgehead atoms. The molecule has 0 radical (unpaired) electrons. The van der Waals surface area contributed by atoms with Crippen molar-refractivity contribution in [1.82, 2.24) is 19.2 Å². The van der Waals surface area contributed by atoms with Crippen molar-refractivity contribution in [2.24, 2.45) is 5.73 Å². The number of carbonyl (C=O) groups excluding carboxylic acids is 1. The number of nitrogens with two attached hydrogens (primary N) is 1. The van der Waals surface area contributed by atoms with Crippen LogP contribution in [0.2, 0.25) is 0 Å². The van der Waals surface area contributed by atoms with Crippen molar-refractivity contribution in [3.63, 3.8) is 0 Å². The molecule has 0 aliphatic rings. The van der Waals surface area contributed by atoms with Gasteiger partial charge in [0.2, 0.25) is 11.7 Å². The summed E-state index contributed by atoms with van der Waals surface area (Å²) in [4.78, 5) is 25.0. The van der Waals surface area contributed by atoms with Gasteiger partial charge in [0.25, 0.3) is 5.56 Å². The zero-order valence-electron chi connectivity index (χ0n) is 14.9. The smallest absolute Gasteiger partial charge is 0.263 e. The number of fused-ring (bicyclic) bond motifs is 3. The highest BCUT2D eigenvalue weighted by Gasteiger charge is 2.24. The Bertz CT molecular complexity index is 1250. The molecule has 4 rings (SSSR count). The molecule has 2 aromatic heterocycles. The summed E-state index contributed by atoms with van der Waals surface area (Å²) >= 11 is 1.21. The fourth-order valence-electron chi connectivity index (χ4n) is 3.13. The summed E-state index contributed by atoms with van der Waals surface area (Å²) in [5.74, 6) is -0.0842. The second kappa shape index (κ2) is 7.32. The maximum Gasteiger partial charge on any atom is 0.263 e. The standard InChI is InChI=1S/C20H17N5O2S/c1-2-12-24-18(27)14-10-6-7-11-15(14)25-19(24)22-23-20(25)28-16(17(21)26)13-8-4-3-5-9-13/h2-11,16H,1,12H2,(H2,21,26). The van der Waals surface area contributed by atoms with Gasteiger partial charge in [-0.25, -0.2) is 0 Å². The van der Waals surface area contributed by atoms with E-state index in [0.29, 0.717) is 28.4 Å². The van der Waals surface area contributed by atoms with Gasteiger partial charge in [0.1, 0.15) is 5.25 Å². The average molecular weight is 391 g/mol. The summed E-state index contributed by atoms with van der Waals surface area (Å²) in [6.07, 6.45) is 1.63. The number of hydrogen-bond donors (Lipinski definition) is 1. The Morgan fingerprint density at radius 2 is 1.86 bits per heavy atom. The third-order valence-corrected chi connectivity index (χ3v) is 5.59. The first-order valence-corrected chi connectivity index (χ1v) is 9.48. The summed E-state index contributed by atoms with van der Waals surface area (Å²) in [5, 5.41) is 8.85. The summed E-state index contributed by atoms with van der Waals surface area (Å²) < 4.78 is 3.29. The first-order valence-electron chi connectivity index (χ1n) is 8.60. The lowest BCUT2D eigenvalue weighted by molar-refractivity contribution is -0.117. The predicted octanol–water partition coefficient (Wildman–Crippen LogP) is 2.55. The maximum atomic E-state index is 12.8. The van der Waals surface area contributed by atoms with Crippen molar-refractivity contribution in [2.45, 2.75) is 17.0 Å². The normalized spacial score (nSPS) is 12.3. The van der Waals surface area contributed by atoms with Crippen molar-refractivity contribution in [3.8, 4) is 0 Å². The van der Waals surface area contributed by atoms with Gasteiger partial charge in [-0.3, -0.25) is 18.6 Å². The quantitative estimate of drug-likeness (QED) is 0.403. The number of benzene rings is 2. The molecule has 4 aromatic rings. The second-order valence-corrected chi connectivity index (χ2v) is 7.22. The van der Waals surface area contributed by atoms with Crippen LogP contribution in [0.1, 0.15) is 10.8 Å². The van der Waals surface area contributed by atoms with E-state index < -0.39 is 11.2 Å². The first kappa shape index (κ1) is 18.0. The Labute approximate surface area is 164 Å². The SMILES string of the molecule is C=CCn1c(=O)c2ccccc2n2c(SC(C(N)=O)c3ccccc3)nnc12. The van der Waals surface area contributed by atoms with Crippen molar-refractivity contribution in [3.05, 3.63) is 83.2 Å². The lowest BCUT2D eigenvalue weighted by atomic mass is 10.1. The predicted molar refractivity (Wildman–Crippen MR) is 109 cm³/mol. The highest BCUT2D eigenvalue weighted by molar-refractivity contribution is 8.00. The summed E-state index contributed by atoms with van der Waals surface area (Å²) in [7, 11) is 0. The number of nitrogens with zero attached hydrogens (tertiary/aromatic N) is 4. The van der Waals surface area contributed by atoms with E-state index in [4.69, 9.17) is 5.73 Å². The lowest BCUT2D eigenvalue weighted by Gasteiger charge is -2.13. The zero-order chi connectivity index (χ0) is 19.7. The Hall–Kier alpha value is -3.39. The molecule has 0 aliphatic heterocycles. The molecule has 8 heteroatoms. The van der Waals surface area contributed by atoms with E-state index in [1.807, 2.05) is 42.5 Å². The number of primary amides is 1. The van der Waals surface area contributed by atoms with Gasteiger partial charge in [0.05, 0.1) is 10.9 Å². The van der Waals surface area contributed by atoms with E-state index in [-0.39, 0.29) is 5.56 Å². The van der Waals surface area contributed by atoms with Gasteiger partial charge in [-0.1, -0.05) is 60.3 Å². The summed E-state index contributed by atoms with van der Waals surface area (Å²) in [6.45, 7) is 4.02. The molecule has 0 fully saturated rings.